The van der Waals surface area contributed by atoms with Gasteiger partial charge in [0, 0.05) is 0 Å². The van der Waals surface area contributed by atoms with E-state index in [4.69, 9.17) is 4.74 Å². The van der Waals surface area contributed by atoms with Crippen molar-refractivity contribution >= 4 is 0 Å². The van der Waals surface area contributed by atoms with Crippen LogP contribution in [0.25, 0.3) is 0 Å². The molecular weight excluding hydrogens is 183 g/mol. The number of alkyl halides is 3. The van der Waals surface area contributed by atoms with Gasteiger partial charge in [0.1, 0.15) is 6.61 Å². The van der Waals surface area contributed by atoms with Crippen molar-refractivity contribution < 1.29 is 17.9 Å². The van der Waals surface area contributed by atoms with Crippen LogP contribution in [0.15, 0.2) is 0 Å². The SMILES string of the molecule is CC1(OCC(F)(F)F)CCNCC1. The molecule has 0 aromatic rings. The van der Waals surface area contributed by atoms with E-state index >= 15 is 0 Å². The molecule has 13 heavy (non-hydrogen) atoms. The Hall–Kier alpha value is -0.290. The zero-order chi connectivity index (χ0) is 9.95. The fourth-order valence-corrected chi connectivity index (χ4v) is 1.36. The monoisotopic (exact) mass is 197 g/mol. The largest absolute Gasteiger partial charge is 0.411 e. The van der Waals surface area contributed by atoms with E-state index in [2.05, 4.69) is 5.32 Å². The normalized spacial score (nSPS) is 23.1. The minimum atomic E-state index is -4.21. The Morgan fingerprint density at radius 2 is 1.85 bits per heavy atom. The molecule has 78 valence electrons. The third kappa shape index (κ3) is 3.95. The van der Waals surface area contributed by atoms with Crippen LogP contribution in [-0.4, -0.2) is 31.5 Å². The lowest BCUT2D eigenvalue weighted by Gasteiger charge is -2.34. The maximum Gasteiger partial charge on any atom is 0.411 e. The summed E-state index contributed by atoms with van der Waals surface area (Å²) in [4.78, 5) is 0. The summed E-state index contributed by atoms with van der Waals surface area (Å²) in [5.74, 6) is 0. The summed E-state index contributed by atoms with van der Waals surface area (Å²) in [6, 6.07) is 0. The Kier molecular flexibility index (Phi) is 3.18. The average molecular weight is 197 g/mol. The summed E-state index contributed by atoms with van der Waals surface area (Å²) in [6.45, 7) is 2.06. The third-order valence-electron chi connectivity index (χ3n) is 2.25. The molecule has 0 aromatic carbocycles. The van der Waals surface area contributed by atoms with Gasteiger partial charge in [-0.1, -0.05) is 0 Å². The van der Waals surface area contributed by atoms with Crippen molar-refractivity contribution in [1.29, 1.82) is 0 Å². The second kappa shape index (κ2) is 3.84. The lowest BCUT2D eigenvalue weighted by molar-refractivity contribution is -0.206. The third-order valence-corrected chi connectivity index (χ3v) is 2.25. The first-order valence-electron chi connectivity index (χ1n) is 4.33. The lowest BCUT2D eigenvalue weighted by Crippen LogP contribution is -2.43. The van der Waals surface area contributed by atoms with Crippen LogP contribution in [0, 0.1) is 0 Å². The Morgan fingerprint density at radius 1 is 1.31 bits per heavy atom. The molecule has 0 atom stereocenters. The van der Waals surface area contributed by atoms with Gasteiger partial charge in [-0.15, -0.1) is 0 Å². The van der Waals surface area contributed by atoms with E-state index in [1.54, 1.807) is 6.92 Å². The van der Waals surface area contributed by atoms with Crippen molar-refractivity contribution in [1.82, 2.24) is 5.32 Å². The molecule has 2 nitrogen and oxygen atoms in total. The van der Waals surface area contributed by atoms with Crippen LogP contribution in [-0.2, 0) is 4.74 Å². The summed E-state index contributed by atoms with van der Waals surface area (Å²) >= 11 is 0. The summed E-state index contributed by atoms with van der Waals surface area (Å²) in [6.07, 6.45) is -2.93. The molecule has 1 heterocycles. The second-order valence-electron chi connectivity index (χ2n) is 3.60. The van der Waals surface area contributed by atoms with Crippen LogP contribution in [0.4, 0.5) is 13.2 Å². The van der Waals surface area contributed by atoms with Crippen LogP contribution in [0.3, 0.4) is 0 Å². The van der Waals surface area contributed by atoms with Gasteiger partial charge in [-0.3, -0.25) is 0 Å². The highest BCUT2D eigenvalue weighted by atomic mass is 19.4. The Morgan fingerprint density at radius 3 is 2.31 bits per heavy atom. The van der Waals surface area contributed by atoms with Crippen LogP contribution >= 0.6 is 0 Å². The molecule has 1 saturated heterocycles. The Bertz CT molecular complexity index is 163. The second-order valence-corrected chi connectivity index (χ2v) is 3.60. The number of nitrogens with one attached hydrogen (secondary N) is 1. The summed E-state index contributed by atoms with van der Waals surface area (Å²) in [7, 11) is 0. The van der Waals surface area contributed by atoms with E-state index in [0.717, 1.165) is 13.1 Å². The topological polar surface area (TPSA) is 21.3 Å². The van der Waals surface area contributed by atoms with Crippen molar-refractivity contribution in [3.63, 3.8) is 0 Å². The molecule has 0 aromatic heterocycles. The highest BCUT2D eigenvalue weighted by molar-refractivity contribution is 4.81. The molecule has 0 saturated carbocycles. The summed E-state index contributed by atoms with van der Waals surface area (Å²) in [5.41, 5.74) is -0.596. The van der Waals surface area contributed by atoms with Crippen molar-refractivity contribution in [2.45, 2.75) is 31.5 Å². The number of hydrogen-bond acceptors (Lipinski definition) is 2. The van der Waals surface area contributed by atoms with Crippen molar-refractivity contribution in [3.05, 3.63) is 0 Å². The molecule has 1 aliphatic heterocycles. The molecule has 1 aliphatic rings. The predicted octanol–water partition coefficient (Wildman–Crippen LogP) is 1.71. The minimum absolute atomic E-state index is 0.596. The Labute approximate surface area is 75.4 Å². The van der Waals surface area contributed by atoms with E-state index in [1.807, 2.05) is 0 Å². The van der Waals surface area contributed by atoms with Gasteiger partial charge in [0.15, 0.2) is 0 Å². The highest BCUT2D eigenvalue weighted by Gasteiger charge is 2.34. The number of hydrogen-bond donors (Lipinski definition) is 1. The lowest BCUT2D eigenvalue weighted by atomic mass is 9.95. The van der Waals surface area contributed by atoms with Crippen molar-refractivity contribution in [2.24, 2.45) is 0 Å². The Balaban J connectivity index is 2.33. The molecule has 0 amide bonds. The molecule has 0 radical (unpaired) electrons. The first-order valence-corrected chi connectivity index (χ1v) is 4.33. The van der Waals surface area contributed by atoms with Gasteiger partial charge in [0.2, 0.25) is 0 Å². The fraction of sp³-hybridized carbons (Fsp3) is 1.00. The van der Waals surface area contributed by atoms with Gasteiger partial charge < -0.3 is 10.1 Å². The van der Waals surface area contributed by atoms with Crippen LogP contribution in [0.5, 0.6) is 0 Å². The molecule has 1 N–H and O–H groups in total. The highest BCUT2D eigenvalue weighted by Crippen LogP contribution is 2.25. The fourth-order valence-electron chi connectivity index (χ4n) is 1.36. The van der Waals surface area contributed by atoms with Crippen LogP contribution in [0.2, 0.25) is 0 Å². The molecule has 1 fully saturated rings. The van der Waals surface area contributed by atoms with Crippen LogP contribution in [0.1, 0.15) is 19.8 Å². The number of halogens is 3. The first kappa shape index (κ1) is 10.8. The molecule has 1 rings (SSSR count). The van der Waals surface area contributed by atoms with E-state index < -0.39 is 18.4 Å². The smallest absolute Gasteiger partial charge is 0.366 e. The number of piperidine rings is 1. The van der Waals surface area contributed by atoms with E-state index in [0.29, 0.717) is 12.8 Å². The quantitative estimate of drug-likeness (QED) is 0.727. The number of ether oxygens (including phenoxy) is 1. The van der Waals surface area contributed by atoms with E-state index in [1.165, 1.54) is 0 Å². The number of rotatable bonds is 2. The zero-order valence-corrected chi connectivity index (χ0v) is 7.58. The molecule has 0 bridgehead atoms. The standard InChI is InChI=1S/C8H14F3NO/c1-7(2-4-12-5-3-7)13-6-8(9,10)11/h12H,2-6H2,1H3. The van der Waals surface area contributed by atoms with Gasteiger partial charge in [-0.05, 0) is 32.9 Å². The minimum Gasteiger partial charge on any atom is -0.366 e. The van der Waals surface area contributed by atoms with Gasteiger partial charge in [-0.2, -0.15) is 13.2 Å². The maximum absolute atomic E-state index is 11.8. The molecule has 0 spiro atoms. The molecular formula is C8H14F3NO. The first-order chi connectivity index (χ1) is 5.91. The van der Waals surface area contributed by atoms with Gasteiger partial charge >= 0.3 is 6.18 Å². The predicted molar refractivity (Wildman–Crippen MR) is 42.5 cm³/mol. The van der Waals surface area contributed by atoms with Gasteiger partial charge in [0.25, 0.3) is 0 Å². The molecule has 0 aliphatic carbocycles. The molecule has 0 unspecified atom stereocenters. The van der Waals surface area contributed by atoms with Gasteiger partial charge in [0.05, 0.1) is 5.60 Å². The summed E-state index contributed by atoms with van der Waals surface area (Å²) < 4.78 is 40.4. The maximum atomic E-state index is 11.8. The van der Waals surface area contributed by atoms with Crippen LogP contribution < -0.4 is 5.32 Å². The average Bonchev–Trinajstić information content (AvgIpc) is 2.02. The van der Waals surface area contributed by atoms with E-state index in [9.17, 15) is 13.2 Å². The zero-order valence-electron chi connectivity index (χ0n) is 7.58. The molecule has 5 heteroatoms. The van der Waals surface area contributed by atoms with Gasteiger partial charge in [-0.25, -0.2) is 0 Å². The summed E-state index contributed by atoms with van der Waals surface area (Å²) in [5, 5.41) is 3.08. The van der Waals surface area contributed by atoms with E-state index in [-0.39, 0.29) is 0 Å². The van der Waals surface area contributed by atoms with Crippen molar-refractivity contribution in [2.75, 3.05) is 19.7 Å². The van der Waals surface area contributed by atoms with Crippen molar-refractivity contribution in [3.8, 4) is 0 Å².